The van der Waals surface area contributed by atoms with Gasteiger partial charge in [0.2, 0.25) is 0 Å². The number of halogens is 2. The van der Waals surface area contributed by atoms with Crippen LogP contribution in [0.2, 0.25) is 5.02 Å². The predicted molar refractivity (Wildman–Crippen MR) is 78.0 cm³/mol. The molecule has 1 aromatic carbocycles. The zero-order chi connectivity index (χ0) is 12.4. The lowest BCUT2D eigenvalue weighted by Gasteiger charge is -2.40. The molecular formula is C13H18BrClN2. The zero-order valence-corrected chi connectivity index (χ0v) is 12.6. The van der Waals surface area contributed by atoms with Crippen molar-refractivity contribution in [3.05, 3.63) is 27.7 Å². The summed E-state index contributed by atoms with van der Waals surface area (Å²) in [7, 11) is 0. The Labute approximate surface area is 116 Å². The molecule has 0 spiro atoms. The molecule has 1 aliphatic heterocycles. The molecule has 17 heavy (non-hydrogen) atoms. The summed E-state index contributed by atoms with van der Waals surface area (Å²) in [4.78, 5) is 2.47. The summed E-state index contributed by atoms with van der Waals surface area (Å²) in [5, 5.41) is 4.23. The van der Waals surface area contributed by atoms with Crippen LogP contribution in [-0.2, 0) is 0 Å². The average molecular weight is 318 g/mol. The molecule has 1 aromatic rings. The lowest BCUT2D eigenvalue weighted by atomic mass is 10.00. The topological polar surface area (TPSA) is 15.3 Å². The van der Waals surface area contributed by atoms with Crippen LogP contribution in [0.4, 0.5) is 5.69 Å². The van der Waals surface area contributed by atoms with Gasteiger partial charge in [0.05, 0.1) is 5.02 Å². The minimum atomic E-state index is 0.553. The summed E-state index contributed by atoms with van der Waals surface area (Å²) in [5.74, 6) is 0.636. The standard InChI is InChI=1S/C13H18BrClN2/c1-9(2)13-8-16-5-6-17(13)10-3-4-12(15)11(14)7-10/h3-4,7,9,13,16H,5-6,8H2,1-2H3. The first kappa shape index (κ1) is 13.2. The van der Waals surface area contributed by atoms with E-state index in [1.54, 1.807) is 0 Å². The highest BCUT2D eigenvalue weighted by atomic mass is 79.9. The van der Waals surface area contributed by atoms with Crippen molar-refractivity contribution >= 4 is 33.2 Å². The molecule has 2 rings (SSSR count). The molecule has 0 saturated carbocycles. The van der Waals surface area contributed by atoms with Crippen molar-refractivity contribution in [2.45, 2.75) is 19.9 Å². The number of benzene rings is 1. The summed E-state index contributed by atoms with van der Waals surface area (Å²) in [6.45, 7) is 7.70. The number of nitrogens with one attached hydrogen (secondary N) is 1. The van der Waals surface area contributed by atoms with Crippen molar-refractivity contribution in [1.82, 2.24) is 5.32 Å². The van der Waals surface area contributed by atoms with Gasteiger partial charge in [-0.15, -0.1) is 0 Å². The lowest BCUT2D eigenvalue weighted by molar-refractivity contribution is 0.390. The molecule has 94 valence electrons. The van der Waals surface area contributed by atoms with Crippen LogP contribution in [-0.4, -0.2) is 25.7 Å². The normalized spacial score (nSPS) is 21.0. The van der Waals surface area contributed by atoms with Gasteiger partial charge in [-0.2, -0.15) is 0 Å². The molecule has 1 aliphatic rings. The molecule has 0 bridgehead atoms. The maximum absolute atomic E-state index is 6.04. The van der Waals surface area contributed by atoms with Gasteiger partial charge in [0.15, 0.2) is 0 Å². The van der Waals surface area contributed by atoms with Crippen molar-refractivity contribution < 1.29 is 0 Å². The fourth-order valence-electron chi connectivity index (χ4n) is 2.31. The van der Waals surface area contributed by atoms with Gasteiger partial charge in [0.25, 0.3) is 0 Å². The zero-order valence-electron chi connectivity index (χ0n) is 10.2. The van der Waals surface area contributed by atoms with Crippen molar-refractivity contribution in [3.8, 4) is 0 Å². The third-order valence-electron chi connectivity index (χ3n) is 3.29. The van der Waals surface area contributed by atoms with Gasteiger partial charge >= 0.3 is 0 Å². The van der Waals surface area contributed by atoms with E-state index in [1.165, 1.54) is 5.69 Å². The van der Waals surface area contributed by atoms with Crippen LogP contribution in [0.25, 0.3) is 0 Å². The quantitative estimate of drug-likeness (QED) is 0.897. The molecule has 1 atom stereocenters. The van der Waals surface area contributed by atoms with Gasteiger partial charge in [-0.3, -0.25) is 0 Å². The Balaban J connectivity index is 2.26. The number of anilines is 1. The smallest absolute Gasteiger partial charge is 0.0549 e. The number of hydrogen-bond donors (Lipinski definition) is 1. The van der Waals surface area contributed by atoms with Gasteiger partial charge in [-0.1, -0.05) is 25.4 Å². The third kappa shape index (κ3) is 2.95. The number of rotatable bonds is 2. The number of piperazine rings is 1. The second-order valence-corrected chi connectivity index (χ2v) is 6.07. The van der Waals surface area contributed by atoms with Gasteiger partial charge in [-0.25, -0.2) is 0 Å². The minimum absolute atomic E-state index is 0.553. The minimum Gasteiger partial charge on any atom is -0.366 e. The number of hydrogen-bond acceptors (Lipinski definition) is 2. The molecule has 1 fully saturated rings. The van der Waals surface area contributed by atoms with E-state index < -0.39 is 0 Å². The Morgan fingerprint density at radius 1 is 1.47 bits per heavy atom. The maximum atomic E-state index is 6.04. The van der Waals surface area contributed by atoms with E-state index in [4.69, 9.17) is 11.6 Å². The largest absolute Gasteiger partial charge is 0.366 e. The fourth-order valence-corrected chi connectivity index (χ4v) is 2.79. The third-order valence-corrected chi connectivity index (χ3v) is 4.50. The van der Waals surface area contributed by atoms with Crippen LogP contribution < -0.4 is 10.2 Å². The highest BCUT2D eigenvalue weighted by molar-refractivity contribution is 9.10. The summed E-state index contributed by atoms with van der Waals surface area (Å²) >= 11 is 9.54. The highest BCUT2D eigenvalue weighted by Gasteiger charge is 2.25. The van der Waals surface area contributed by atoms with E-state index >= 15 is 0 Å². The predicted octanol–water partition coefficient (Wildman–Crippen LogP) is 3.54. The van der Waals surface area contributed by atoms with Crippen molar-refractivity contribution in [2.75, 3.05) is 24.5 Å². The first-order valence-corrected chi connectivity index (χ1v) is 7.19. The average Bonchev–Trinajstić information content (AvgIpc) is 2.32. The van der Waals surface area contributed by atoms with Crippen molar-refractivity contribution in [2.24, 2.45) is 5.92 Å². The van der Waals surface area contributed by atoms with E-state index in [-0.39, 0.29) is 0 Å². The van der Waals surface area contributed by atoms with Crippen LogP contribution >= 0.6 is 27.5 Å². The highest BCUT2D eigenvalue weighted by Crippen LogP contribution is 2.30. The summed E-state index contributed by atoms with van der Waals surface area (Å²) < 4.78 is 0.970. The molecule has 0 amide bonds. The summed E-state index contributed by atoms with van der Waals surface area (Å²) in [6, 6.07) is 6.73. The van der Waals surface area contributed by atoms with Crippen LogP contribution in [0.1, 0.15) is 13.8 Å². The van der Waals surface area contributed by atoms with E-state index in [1.807, 2.05) is 6.07 Å². The van der Waals surface area contributed by atoms with Crippen molar-refractivity contribution in [1.29, 1.82) is 0 Å². The molecule has 0 aliphatic carbocycles. The Kier molecular flexibility index (Phi) is 4.34. The molecule has 0 aromatic heterocycles. The summed E-state index contributed by atoms with van der Waals surface area (Å²) in [5.41, 5.74) is 1.25. The first-order valence-electron chi connectivity index (χ1n) is 6.02. The van der Waals surface area contributed by atoms with Gasteiger partial charge in [-0.05, 0) is 40.0 Å². The van der Waals surface area contributed by atoms with Crippen LogP contribution in [0.15, 0.2) is 22.7 Å². The fraction of sp³-hybridized carbons (Fsp3) is 0.538. The molecule has 1 unspecified atom stereocenters. The van der Waals surface area contributed by atoms with Gasteiger partial charge < -0.3 is 10.2 Å². The Morgan fingerprint density at radius 2 is 2.24 bits per heavy atom. The van der Waals surface area contributed by atoms with Crippen molar-refractivity contribution in [3.63, 3.8) is 0 Å². The monoisotopic (exact) mass is 316 g/mol. The Bertz CT molecular complexity index is 395. The molecule has 1 heterocycles. The molecule has 1 saturated heterocycles. The van der Waals surface area contributed by atoms with Crippen LogP contribution in [0, 0.1) is 5.92 Å². The summed E-state index contributed by atoms with van der Waals surface area (Å²) in [6.07, 6.45) is 0. The SMILES string of the molecule is CC(C)C1CNCCN1c1ccc(Cl)c(Br)c1. The van der Waals surface area contributed by atoms with Crippen LogP contribution in [0.3, 0.4) is 0 Å². The van der Waals surface area contributed by atoms with Gasteiger partial charge in [0.1, 0.15) is 0 Å². The van der Waals surface area contributed by atoms with E-state index in [0.717, 1.165) is 29.1 Å². The second-order valence-electron chi connectivity index (χ2n) is 4.81. The Hall–Kier alpha value is -0.250. The Morgan fingerprint density at radius 3 is 2.88 bits per heavy atom. The molecule has 0 radical (unpaired) electrons. The van der Waals surface area contributed by atoms with E-state index in [9.17, 15) is 0 Å². The van der Waals surface area contributed by atoms with E-state index in [2.05, 4.69) is 52.1 Å². The second kappa shape index (κ2) is 5.59. The van der Waals surface area contributed by atoms with E-state index in [0.29, 0.717) is 12.0 Å². The molecule has 2 nitrogen and oxygen atoms in total. The molecular weight excluding hydrogens is 300 g/mol. The number of nitrogens with zero attached hydrogens (tertiary/aromatic N) is 1. The first-order chi connectivity index (χ1) is 8.09. The molecule has 4 heteroatoms. The lowest BCUT2D eigenvalue weighted by Crippen LogP contribution is -2.53. The maximum Gasteiger partial charge on any atom is 0.0549 e. The van der Waals surface area contributed by atoms with Gasteiger partial charge in [0, 0.05) is 35.8 Å². The van der Waals surface area contributed by atoms with Crippen LogP contribution in [0.5, 0.6) is 0 Å². The molecule has 1 N–H and O–H groups in total.